The van der Waals surface area contributed by atoms with Gasteiger partial charge in [-0.3, -0.25) is 9.59 Å². The fourth-order valence-electron chi connectivity index (χ4n) is 1.65. The summed E-state index contributed by atoms with van der Waals surface area (Å²) in [7, 11) is 0. The van der Waals surface area contributed by atoms with Crippen molar-refractivity contribution in [1.82, 2.24) is 0 Å². The zero-order valence-electron chi connectivity index (χ0n) is 9.99. The molecule has 1 aromatic carbocycles. The Balaban J connectivity index is 2.82. The highest BCUT2D eigenvalue weighted by atomic mass is 79.9. The summed E-state index contributed by atoms with van der Waals surface area (Å²) in [6.07, 6.45) is 3.97. The van der Waals surface area contributed by atoms with Gasteiger partial charge in [0.2, 0.25) is 6.29 Å². The van der Waals surface area contributed by atoms with Crippen LogP contribution in [0.1, 0.15) is 35.2 Å². The number of carbonyl (C=O) groups excluding carboxylic acids is 2. The molecule has 0 bridgehead atoms. The number of Topliss-reactive ketones (excluding diaryl/α,β-unsaturated/α-hetero) is 1. The smallest absolute Gasteiger partial charge is 0.234 e. The van der Waals surface area contributed by atoms with Crippen molar-refractivity contribution in [2.75, 3.05) is 6.54 Å². The summed E-state index contributed by atoms with van der Waals surface area (Å²) < 4.78 is 0.735. The number of rotatable bonds is 7. The average Bonchev–Trinajstić information content (AvgIpc) is 2.38. The minimum absolute atomic E-state index is 0.230. The first-order valence-electron chi connectivity index (χ1n) is 5.77. The van der Waals surface area contributed by atoms with Crippen molar-refractivity contribution in [2.24, 2.45) is 11.5 Å². The van der Waals surface area contributed by atoms with Crippen molar-refractivity contribution in [3.8, 4) is 0 Å². The lowest BCUT2D eigenvalue weighted by atomic mass is 9.97. The Morgan fingerprint density at radius 2 is 2.11 bits per heavy atom. The first-order valence-corrected chi connectivity index (χ1v) is 6.57. The maximum absolute atomic E-state index is 12.1. The summed E-state index contributed by atoms with van der Waals surface area (Å²) in [5.74, 6) is -0.230. The van der Waals surface area contributed by atoms with Crippen LogP contribution < -0.4 is 11.5 Å². The van der Waals surface area contributed by atoms with Gasteiger partial charge in [0.1, 0.15) is 0 Å². The summed E-state index contributed by atoms with van der Waals surface area (Å²) in [5.41, 5.74) is 11.8. The maximum Gasteiger partial charge on any atom is 0.234 e. The molecule has 1 aromatic rings. The lowest BCUT2D eigenvalue weighted by molar-refractivity contribution is 0.0956. The Hall–Kier alpha value is -1.04. The Labute approximate surface area is 115 Å². The van der Waals surface area contributed by atoms with Crippen LogP contribution in [-0.4, -0.2) is 24.7 Å². The third-order valence-electron chi connectivity index (χ3n) is 2.66. The number of nitrogens with two attached hydrogens (primary N) is 2. The number of hydrogen-bond donors (Lipinski definition) is 2. The van der Waals surface area contributed by atoms with Crippen LogP contribution >= 0.6 is 15.9 Å². The van der Waals surface area contributed by atoms with E-state index in [1.165, 1.54) is 0 Å². The van der Waals surface area contributed by atoms with E-state index in [2.05, 4.69) is 15.9 Å². The van der Waals surface area contributed by atoms with Crippen LogP contribution in [0.15, 0.2) is 22.7 Å². The molecule has 18 heavy (non-hydrogen) atoms. The molecule has 1 atom stereocenters. The SMILES string of the molecule is NCCCC[C@@H](N)C(=O)c1cc(Br)ccc1[C]=O. The molecule has 0 aliphatic carbocycles. The molecule has 1 rings (SSSR count). The quantitative estimate of drug-likeness (QED) is 0.591. The van der Waals surface area contributed by atoms with Crippen molar-refractivity contribution in [1.29, 1.82) is 0 Å². The molecule has 97 valence electrons. The van der Waals surface area contributed by atoms with Crippen LogP contribution in [0.5, 0.6) is 0 Å². The molecule has 0 unspecified atom stereocenters. The number of ketones is 1. The highest BCUT2D eigenvalue weighted by Crippen LogP contribution is 2.18. The second-order valence-electron chi connectivity index (χ2n) is 4.05. The summed E-state index contributed by atoms with van der Waals surface area (Å²) in [6, 6.07) is 4.25. The summed E-state index contributed by atoms with van der Waals surface area (Å²) in [4.78, 5) is 22.9. The molecule has 4 nitrogen and oxygen atoms in total. The first-order chi connectivity index (χ1) is 8.60. The van der Waals surface area contributed by atoms with Crippen molar-refractivity contribution in [3.63, 3.8) is 0 Å². The fourth-order valence-corrected chi connectivity index (χ4v) is 2.01. The van der Waals surface area contributed by atoms with E-state index in [1.807, 2.05) is 0 Å². The highest BCUT2D eigenvalue weighted by molar-refractivity contribution is 9.10. The van der Waals surface area contributed by atoms with Crippen molar-refractivity contribution >= 4 is 28.0 Å². The predicted molar refractivity (Wildman–Crippen MR) is 74.1 cm³/mol. The fraction of sp³-hybridized carbons (Fsp3) is 0.385. The van der Waals surface area contributed by atoms with Gasteiger partial charge in [0, 0.05) is 15.6 Å². The Morgan fingerprint density at radius 1 is 1.39 bits per heavy atom. The normalized spacial score (nSPS) is 12.2. The van der Waals surface area contributed by atoms with E-state index in [4.69, 9.17) is 11.5 Å². The van der Waals surface area contributed by atoms with E-state index in [9.17, 15) is 9.59 Å². The van der Waals surface area contributed by atoms with E-state index in [-0.39, 0.29) is 11.3 Å². The average molecular weight is 312 g/mol. The van der Waals surface area contributed by atoms with Crippen LogP contribution in [-0.2, 0) is 4.79 Å². The van der Waals surface area contributed by atoms with E-state index in [0.29, 0.717) is 18.5 Å². The number of halogens is 1. The van der Waals surface area contributed by atoms with Gasteiger partial charge in [-0.2, -0.15) is 0 Å². The molecule has 0 aliphatic heterocycles. The number of hydrogen-bond acceptors (Lipinski definition) is 4. The molecule has 0 aliphatic rings. The van der Waals surface area contributed by atoms with Gasteiger partial charge in [0.25, 0.3) is 0 Å². The zero-order chi connectivity index (χ0) is 13.5. The van der Waals surface area contributed by atoms with Gasteiger partial charge in [-0.05, 0) is 37.6 Å². The largest absolute Gasteiger partial charge is 0.330 e. The predicted octanol–water partition coefficient (Wildman–Crippen LogP) is 1.55. The topological polar surface area (TPSA) is 86.2 Å². The first kappa shape index (κ1) is 15.0. The highest BCUT2D eigenvalue weighted by Gasteiger charge is 2.19. The van der Waals surface area contributed by atoms with Crippen LogP contribution in [0, 0.1) is 0 Å². The summed E-state index contributed by atoms with van der Waals surface area (Å²) >= 11 is 3.27. The molecule has 0 amide bonds. The second-order valence-corrected chi connectivity index (χ2v) is 4.96. The van der Waals surface area contributed by atoms with Gasteiger partial charge in [-0.25, -0.2) is 0 Å². The van der Waals surface area contributed by atoms with Gasteiger partial charge in [0.05, 0.1) is 6.04 Å². The van der Waals surface area contributed by atoms with Crippen molar-refractivity contribution < 1.29 is 9.59 Å². The maximum atomic E-state index is 12.1. The van der Waals surface area contributed by atoms with Crippen molar-refractivity contribution in [2.45, 2.75) is 25.3 Å². The number of carbonyl (C=O) groups is 1. The number of unbranched alkanes of at least 4 members (excludes halogenated alkanes) is 1. The minimum atomic E-state index is -0.599. The van der Waals surface area contributed by atoms with Gasteiger partial charge >= 0.3 is 0 Å². The minimum Gasteiger partial charge on any atom is -0.330 e. The monoisotopic (exact) mass is 311 g/mol. The van der Waals surface area contributed by atoms with Crippen LogP contribution in [0.4, 0.5) is 0 Å². The second kappa shape index (κ2) is 7.41. The number of benzene rings is 1. The summed E-state index contributed by atoms with van der Waals surface area (Å²) in [6.45, 7) is 0.588. The van der Waals surface area contributed by atoms with E-state index in [0.717, 1.165) is 17.3 Å². The van der Waals surface area contributed by atoms with E-state index >= 15 is 0 Å². The lowest BCUT2D eigenvalue weighted by Crippen LogP contribution is -2.31. The molecule has 0 saturated carbocycles. The van der Waals surface area contributed by atoms with Crippen LogP contribution in [0.3, 0.4) is 0 Å². The standard InChI is InChI=1S/C13H16BrN2O2/c14-10-5-4-9(8-17)11(7-10)13(18)12(16)3-1-2-6-15/h4-5,7,12H,1-3,6,15-16H2/t12-/m1/s1. The van der Waals surface area contributed by atoms with E-state index < -0.39 is 6.04 Å². The molecule has 0 fully saturated rings. The third-order valence-corrected chi connectivity index (χ3v) is 3.16. The molecular formula is C13H16BrN2O2. The molecule has 1 radical (unpaired) electrons. The molecule has 0 spiro atoms. The van der Waals surface area contributed by atoms with Crippen LogP contribution in [0.2, 0.25) is 0 Å². The van der Waals surface area contributed by atoms with Gasteiger partial charge in [0.15, 0.2) is 5.78 Å². The Morgan fingerprint density at radius 3 is 2.72 bits per heavy atom. The van der Waals surface area contributed by atoms with Crippen molar-refractivity contribution in [3.05, 3.63) is 33.8 Å². The molecule has 0 heterocycles. The van der Waals surface area contributed by atoms with Crippen LogP contribution in [0.25, 0.3) is 0 Å². The van der Waals surface area contributed by atoms with Gasteiger partial charge in [-0.1, -0.05) is 22.4 Å². The molecule has 0 aromatic heterocycles. The van der Waals surface area contributed by atoms with Gasteiger partial charge < -0.3 is 11.5 Å². The van der Waals surface area contributed by atoms with E-state index in [1.54, 1.807) is 24.5 Å². The Kier molecular flexibility index (Phi) is 6.18. The molecular weight excluding hydrogens is 296 g/mol. The Bertz CT molecular complexity index is 435. The molecule has 4 N–H and O–H groups in total. The van der Waals surface area contributed by atoms with Gasteiger partial charge in [-0.15, -0.1) is 0 Å². The molecule has 5 heteroatoms. The third kappa shape index (κ3) is 4.01. The zero-order valence-corrected chi connectivity index (χ0v) is 11.6. The lowest BCUT2D eigenvalue weighted by Gasteiger charge is -2.11. The summed E-state index contributed by atoms with van der Waals surface area (Å²) in [5, 5.41) is 0. The molecule has 0 saturated heterocycles.